The van der Waals surface area contributed by atoms with Gasteiger partial charge in [0.05, 0.1) is 5.69 Å². The molecule has 0 aromatic carbocycles. The van der Waals surface area contributed by atoms with Crippen molar-refractivity contribution >= 4 is 23.2 Å². The lowest BCUT2D eigenvalue weighted by atomic mass is 9.85. The topological polar surface area (TPSA) is 65.5 Å². The van der Waals surface area contributed by atoms with Crippen molar-refractivity contribution in [1.82, 2.24) is 20.1 Å². The number of hydrogen-bond donors (Lipinski definition) is 1. The monoisotopic (exact) mass is 350 g/mol. The van der Waals surface area contributed by atoms with Crippen molar-refractivity contribution in [2.45, 2.75) is 44.6 Å². The van der Waals surface area contributed by atoms with Crippen LogP contribution in [-0.2, 0) is 4.79 Å². The second-order valence-electron chi connectivity index (χ2n) is 7.09. The second-order valence-corrected chi connectivity index (χ2v) is 7.95. The third-order valence-electron chi connectivity index (χ3n) is 5.28. The van der Waals surface area contributed by atoms with Gasteiger partial charge in [0.2, 0.25) is 5.91 Å². The summed E-state index contributed by atoms with van der Waals surface area (Å²) in [5, 5.41) is 5.56. The Labute approximate surface area is 147 Å². The van der Waals surface area contributed by atoms with Crippen LogP contribution in [0.1, 0.15) is 54.5 Å². The fraction of sp³-hybridized carbons (Fsp3) is 0.706. The van der Waals surface area contributed by atoms with E-state index in [0.717, 1.165) is 25.2 Å². The molecule has 0 unspecified atom stereocenters. The molecule has 0 radical (unpaired) electrons. The average molecular weight is 350 g/mol. The Balaban J connectivity index is 1.69. The highest BCUT2D eigenvalue weighted by atomic mass is 32.1. The van der Waals surface area contributed by atoms with E-state index in [4.69, 9.17) is 0 Å². The highest BCUT2D eigenvalue weighted by molar-refractivity contribution is 7.11. The van der Waals surface area contributed by atoms with E-state index in [-0.39, 0.29) is 11.8 Å². The molecule has 2 aliphatic heterocycles. The number of piperidine rings is 1. The van der Waals surface area contributed by atoms with Gasteiger partial charge >= 0.3 is 0 Å². The first-order chi connectivity index (χ1) is 11.4. The van der Waals surface area contributed by atoms with Crippen molar-refractivity contribution in [3.8, 4) is 0 Å². The van der Waals surface area contributed by atoms with E-state index in [0.29, 0.717) is 36.9 Å². The Hall–Kier alpha value is -1.47. The first-order valence-corrected chi connectivity index (χ1v) is 9.56. The molecular formula is C17H26N4O2S. The predicted octanol–water partition coefficient (Wildman–Crippen LogP) is 1.69. The van der Waals surface area contributed by atoms with E-state index >= 15 is 0 Å². The zero-order valence-corrected chi connectivity index (χ0v) is 15.5. The summed E-state index contributed by atoms with van der Waals surface area (Å²) in [5.41, 5.74) is 0.513. The molecule has 3 heterocycles. The molecule has 1 spiro atoms. The number of likely N-dealkylation sites (tertiary alicyclic amines) is 1. The molecule has 0 aliphatic carbocycles. The summed E-state index contributed by atoms with van der Waals surface area (Å²) in [6.07, 6.45) is 2.34. The number of amides is 2. The molecule has 1 N–H and O–H groups in total. The maximum absolute atomic E-state index is 12.7. The van der Waals surface area contributed by atoms with E-state index in [2.05, 4.69) is 29.0 Å². The number of carbonyl (C=O) groups is 2. The van der Waals surface area contributed by atoms with Crippen molar-refractivity contribution < 1.29 is 9.59 Å². The van der Waals surface area contributed by atoms with Gasteiger partial charge in [0.15, 0.2) is 5.01 Å². The number of rotatable bonds is 2. The summed E-state index contributed by atoms with van der Waals surface area (Å²) in [6.45, 7) is 7.02. The number of aromatic nitrogens is 1. The summed E-state index contributed by atoms with van der Waals surface area (Å²) < 4.78 is 0. The van der Waals surface area contributed by atoms with Gasteiger partial charge in [0, 0.05) is 31.6 Å². The molecule has 2 aliphatic rings. The van der Waals surface area contributed by atoms with Crippen LogP contribution in [0.5, 0.6) is 0 Å². The van der Waals surface area contributed by atoms with Gasteiger partial charge in [-0.1, -0.05) is 13.8 Å². The van der Waals surface area contributed by atoms with Crippen LogP contribution >= 0.6 is 11.3 Å². The molecule has 132 valence electrons. The molecule has 7 heteroatoms. The number of likely N-dealkylation sites (N-methyl/N-ethyl adjacent to an activating group) is 1. The quantitative estimate of drug-likeness (QED) is 0.882. The summed E-state index contributed by atoms with van der Waals surface area (Å²) in [4.78, 5) is 33.8. The van der Waals surface area contributed by atoms with Crippen LogP contribution in [0.3, 0.4) is 0 Å². The molecular weight excluding hydrogens is 324 g/mol. The Bertz CT molecular complexity index is 620. The highest BCUT2D eigenvalue weighted by Gasteiger charge is 2.46. The molecule has 0 saturated carbocycles. The fourth-order valence-corrected chi connectivity index (χ4v) is 4.49. The van der Waals surface area contributed by atoms with E-state index in [1.807, 2.05) is 17.3 Å². The molecule has 2 fully saturated rings. The van der Waals surface area contributed by atoms with E-state index in [1.165, 1.54) is 11.3 Å². The van der Waals surface area contributed by atoms with Gasteiger partial charge < -0.3 is 10.2 Å². The minimum atomic E-state index is -0.459. The standard InChI is InChI=1S/C17H26N4O2S/c1-12(2)13-11-24-14(19-13)15(22)21-9-5-17(6-10-21)16(23)18-7-4-8-20(17)3/h11-12H,4-10H2,1-3H3,(H,18,23). The van der Waals surface area contributed by atoms with Crippen molar-refractivity contribution in [2.75, 3.05) is 33.2 Å². The minimum absolute atomic E-state index is 0.00145. The molecule has 2 saturated heterocycles. The van der Waals surface area contributed by atoms with Crippen LogP contribution < -0.4 is 5.32 Å². The molecule has 0 bridgehead atoms. The second kappa shape index (κ2) is 6.80. The Morgan fingerprint density at radius 3 is 2.67 bits per heavy atom. The number of hydrogen-bond acceptors (Lipinski definition) is 5. The van der Waals surface area contributed by atoms with Crippen LogP contribution in [0.4, 0.5) is 0 Å². The maximum atomic E-state index is 12.7. The smallest absolute Gasteiger partial charge is 0.282 e. The lowest BCUT2D eigenvalue weighted by Crippen LogP contribution is -2.61. The van der Waals surface area contributed by atoms with Crippen LogP contribution in [-0.4, -0.2) is 65.4 Å². The largest absolute Gasteiger partial charge is 0.354 e. The summed E-state index contributed by atoms with van der Waals surface area (Å²) in [7, 11) is 2.03. The van der Waals surface area contributed by atoms with Gasteiger partial charge in [-0.15, -0.1) is 11.3 Å². The van der Waals surface area contributed by atoms with Crippen LogP contribution in [0.15, 0.2) is 5.38 Å². The summed E-state index contributed by atoms with van der Waals surface area (Å²) >= 11 is 1.42. The number of thiazole rings is 1. The molecule has 1 aromatic rings. The Kier molecular flexibility index (Phi) is 4.92. The summed E-state index contributed by atoms with van der Waals surface area (Å²) in [6, 6.07) is 0. The van der Waals surface area contributed by atoms with Gasteiger partial charge in [-0.2, -0.15) is 0 Å². The van der Waals surface area contributed by atoms with Gasteiger partial charge in [-0.3, -0.25) is 14.5 Å². The zero-order valence-electron chi connectivity index (χ0n) is 14.7. The molecule has 3 rings (SSSR count). The Morgan fingerprint density at radius 2 is 2.04 bits per heavy atom. The average Bonchev–Trinajstić information content (AvgIpc) is 3.03. The number of nitrogens with one attached hydrogen (secondary N) is 1. The van der Waals surface area contributed by atoms with E-state index in [1.54, 1.807) is 0 Å². The number of carbonyl (C=O) groups excluding carboxylic acids is 2. The van der Waals surface area contributed by atoms with Crippen LogP contribution in [0.2, 0.25) is 0 Å². The highest BCUT2D eigenvalue weighted by Crippen LogP contribution is 2.31. The summed E-state index contributed by atoms with van der Waals surface area (Å²) in [5.74, 6) is 0.445. The van der Waals surface area contributed by atoms with Crippen LogP contribution in [0, 0.1) is 0 Å². The molecule has 0 atom stereocenters. The fourth-order valence-electron chi connectivity index (χ4n) is 3.54. The lowest BCUT2D eigenvalue weighted by Gasteiger charge is -2.44. The van der Waals surface area contributed by atoms with Crippen molar-refractivity contribution in [3.63, 3.8) is 0 Å². The Morgan fingerprint density at radius 1 is 1.33 bits per heavy atom. The maximum Gasteiger partial charge on any atom is 0.282 e. The zero-order chi connectivity index (χ0) is 17.3. The molecule has 6 nitrogen and oxygen atoms in total. The third-order valence-corrected chi connectivity index (χ3v) is 6.13. The van der Waals surface area contributed by atoms with Crippen molar-refractivity contribution in [3.05, 3.63) is 16.1 Å². The molecule has 1 aromatic heterocycles. The molecule has 2 amide bonds. The number of nitrogens with zero attached hydrogens (tertiary/aromatic N) is 3. The molecule has 24 heavy (non-hydrogen) atoms. The van der Waals surface area contributed by atoms with Gasteiger partial charge in [-0.25, -0.2) is 4.98 Å². The van der Waals surface area contributed by atoms with Crippen molar-refractivity contribution in [1.29, 1.82) is 0 Å². The van der Waals surface area contributed by atoms with Gasteiger partial charge in [0.25, 0.3) is 5.91 Å². The normalized spacial score (nSPS) is 21.8. The first kappa shape index (κ1) is 17.4. The minimum Gasteiger partial charge on any atom is -0.354 e. The van der Waals surface area contributed by atoms with Crippen molar-refractivity contribution in [2.24, 2.45) is 0 Å². The SMILES string of the molecule is CC(C)c1csc(C(=O)N2CCC3(CC2)C(=O)NCCCN3C)n1. The van der Waals surface area contributed by atoms with E-state index < -0.39 is 5.54 Å². The van der Waals surface area contributed by atoms with E-state index in [9.17, 15) is 9.59 Å². The van der Waals surface area contributed by atoms with Crippen LogP contribution in [0.25, 0.3) is 0 Å². The predicted molar refractivity (Wildman–Crippen MR) is 94.3 cm³/mol. The van der Waals surface area contributed by atoms with Gasteiger partial charge in [0.1, 0.15) is 5.54 Å². The van der Waals surface area contributed by atoms with Gasteiger partial charge in [-0.05, 0) is 32.2 Å². The third kappa shape index (κ3) is 3.07. The lowest BCUT2D eigenvalue weighted by molar-refractivity contribution is -0.134. The first-order valence-electron chi connectivity index (χ1n) is 8.68.